The first-order chi connectivity index (χ1) is 13.2. The lowest BCUT2D eigenvalue weighted by Gasteiger charge is -2.31. The number of aryl methyl sites for hydroxylation is 1. The zero-order valence-electron chi connectivity index (χ0n) is 16.4. The summed E-state index contributed by atoms with van der Waals surface area (Å²) in [6.45, 7) is 5.83. The van der Waals surface area contributed by atoms with Crippen LogP contribution in [0.3, 0.4) is 0 Å². The summed E-state index contributed by atoms with van der Waals surface area (Å²) in [5, 5.41) is 3.19. The largest absolute Gasteiger partial charge is 0.492 e. The van der Waals surface area contributed by atoms with Crippen molar-refractivity contribution in [2.45, 2.75) is 33.2 Å². The first-order valence-corrected chi connectivity index (χ1v) is 11.2. The maximum atomic E-state index is 13.1. The highest BCUT2D eigenvalue weighted by molar-refractivity contribution is 7.92. The molecule has 2 aromatic rings. The van der Waals surface area contributed by atoms with E-state index in [4.69, 9.17) is 16.3 Å². The number of halogens is 1. The molecule has 2 rings (SSSR count). The predicted molar refractivity (Wildman–Crippen MR) is 114 cm³/mol. The Morgan fingerprint density at radius 3 is 2.50 bits per heavy atom. The van der Waals surface area contributed by atoms with Crippen molar-refractivity contribution in [3.8, 4) is 5.75 Å². The molecule has 0 fully saturated rings. The molecule has 1 N–H and O–H groups in total. The second kappa shape index (κ2) is 9.30. The maximum absolute atomic E-state index is 13.1. The Morgan fingerprint density at radius 2 is 1.89 bits per heavy atom. The summed E-state index contributed by atoms with van der Waals surface area (Å²) < 4.78 is 31.9. The van der Waals surface area contributed by atoms with Gasteiger partial charge >= 0.3 is 0 Å². The molecule has 0 bridgehead atoms. The van der Waals surface area contributed by atoms with Gasteiger partial charge in [0.05, 0.1) is 24.2 Å². The molecule has 0 aliphatic heterocycles. The van der Waals surface area contributed by atoms with Gasteiger partial charge in [0.15, 0.2) is 0 Å². The van der Waals surface area contributed by atoms with E-state index in [9.17, 15) is 13.2 Å². The predicted octanol–water partition coefficient (Wildman–Crippen LogP) is 4.23. The Balaban J connectivity index is 2.44. The van der Waals surface area contributed by atoms with E-state index in [-0.39, 0.29) is 6.42 Å². The maximum Gasteiger partial charge on any atom is 0.248 e. The van der Waals surface area contributed by atoms with Crippen LogP contribution in [0.2, 0.25) is 5.02 Å². The van der Waals surface area contributed by atoms with Crippen LogP contribution in [0.4, 0.5) is 11.4 Å². The van der Waals surface area contributed by atoms with Gasteiger partial charge in [0, 0.05) is 5.02 Å². The van der Waals surface area contributed by atoms with Crippen molar-refractivity contribution in [1.82, 2.24) is 0 Å². The van der Waals surface area contributed by atoms with Gasteiger partial charge < -0.3 is 10.1 Å². The Morgan fingerprint density at radius 1 is 1.21 bits per heavy atom. The second-order valence-corrected chi connectivity index (χ2v) is 8.63. The van der Waals surface area contributed by atoms with E-state index in [1.807, 2.05) is 6.92 Å². The number of anilines is 2. The average Bonchev–Trinajstić information content (AvgIpc) is 2.62. The molecule has 0 saturated heterocycles. The quantitative estimate of drug-likeness (QED) is 0.688. The first kappa shape index (κ1) is 22.0. The summed E-state index contributed by atoms with van der Waals surface area (Å²) in [4.78, 5) is 13.1. The number of rotatable bonds is 8. The van der Waals surface area contributed by atoms with E-state index in [1.165, 1.54) is 0 Å². The number of nitrogens with one attached hydrogen (secondary N) is 1. The SMILES string of the molecule is CCOc1ccccc1NC(=O)[C@H](CC)N(c1cc(Cl)ccc1C)S(C)(=O)=O. The standard InChI is InChI=1S/C20H25ClN2O4S/c1-5-17(20(24)22-16-9-7-8-10-19(16)27-6-2)23(28(4,25)26)18-13-15(21)12-11-14(18)3/h7-13,17H,5-6H2,1-4H3,(H,22,24)/t17-/m0/s1. The fourth-order valence-corrected chi connectivity index (χ4v) is 4.35. The molecule has 1 atom stereocenters. The molecule has 0 aliphatic rings. The highest BCUT2D eigenvalue weighted by Crippen LogP contribution is 2.30. The van der Waals surface area contributed by atoms with Crippen LogP contribution < -0.4 is 14.4 Å². The van der Waals surface area contributed by atoms with Crippen molar-refractivity contribution < 1.29 is 17.9 Å². The average molecular weight is 425 g/mol. The normalized spacial score (nSPS) is 12.3. The molecule has 2 aromatic carbocycles. The van der Waals surface area contributed by atoms with Crippen molar-refractivity contribution in [3.05, 3.63) is 53.1 Å². The molecule has 0 saturated carbocycles. The fourth-order valence-electron chi connectivity index (χ4n) is 2.92. The molecular formula is C20H25ClN2O4S. The van der Waals surface area contributed by atoms with Gasteiger partial charge in [-0.2, -0.15) is 0 Å². The molecule has 0 unspecified atom stereocenters. The number of hydrogen-bond donors (Lipinski definition) is 1. The lowest BCUT2D eigenvalue weighted by atomic mass is 10.1. The highest BCUT2D eigenvalue weighted by atomic mass is 35.5. The monoisotopic (exact) mass is 424 g/mol. The number of hydrogen-bond acceptors (Lipinski definition) is 4. The van der Waals surface area contributed by atoms with Crippen LogP contribution in [0.1, 0.15) is 25.8 Å². The summed E-state index contributed by atoms with van der Waals surface area (Å²) in [5.74, 6) is 0.0810. The number of carbonyl (C=O) groups excluding carboxylic acids is 1. The second-order valence-electron chi connectivity index (χ2n) is 6.33. The van der Waals surface area contributed by atoms with E-state index in [0.29, 0.717) is 34.3 Å². The smallest absolute Gasteiger partial charge is 0.248 e. The number of ether oxygens (including phenoxy) is 1. The molecule has 6 nitrogen and oxygen atoms in total. The van der Waals surface area contributed by atoms with E-state index in [0.717, 1.165) is 10.6 Å². The summed E-state index contributed by atoms with van der Waals surface area (Å²) in [6.07, 6.45) is 1.36. The third-order valence-electron chi connectivity index (χ3n) is 4.18. The number of amides is 1. The van der Waals surface area contributed by atoms with Crippen molar-refractivity contribution >= 4 is 38.9 Å². The minimum absolute atomic E-state index is 0.279. The van der Waals surface area contributed by atoms with Gasteiger partial charge in [-0.1, -0.05) is 36.7 Å². The van der Waals surface area contributed by atoms with Crippen LogP contribution in [0.25, 0.3) is 0 Å². The number of para-hydroxylation sites is 2. The van der Waals surface area contributed by atoms with Gasteiger partial charge in [-0.25, -0.2) is 8.42 Å². The third kappa shape index (κ3) is 5.17. The lowest BCUT2D eigenvalue weighted by molar-refractivity contribution is -0.117. The third-order valence-corrected chi connectivity index (χ3v) is 5.58. The summed E-state index contributed by atoms with van der Waals surface area (Å²) in [7, 11) is -3.74. The fraction of sp³-hybridized carbons (Fsp3) is 0.350. The molecule has 0 radical (unpaired) electrons. The van der Waals surface area contributed by atoms with Crippen LogP contribution in [-0.4, -0.2) is 33.2 Å². The minimum atomic E-state index is -3.74. The zero-order valence-corrected chi connectivity index (χ0v) is 18.0. The van der Waals surface area contributed by atoms with E-state index < -0.39 is 22.0 Å². The Hall–Kier alpha value is -2.25. The Kier molecular flexibility index (Phi) is 7.32. The van der Waals surface area contributed by atoms with E-state index in [2.05, 4.69) is 5.32 Å². The first-order valence-electron chi connectivity index (χ1n) is 8.97. The summed E-state index contributed by atoms with van der Waals surface area (Å²) in [5.41, 5.74) is 1.58. The van der Waals surface area contributed by atoms with Crippen LogP contribution in [-0.2, 0) is 14.8 Å². The van der Waals surface area contributed by atoms with Crippen LogP contribution in [0.5, 0.6) is 5.75 Å². The molecule has 0 aliphatic carbocycles. The summed E-state index contributed by atoms with van der Waals surface area (Å²) in [6, 6.07) is 11.1. The number of nitrogens with zero attached hydrogens (tertiary/aromatic N) is 1. The van der Waals surface area contributed by atoms with Gasteiger partial charge in [-0.15, -0.1) is 0 Å². The Bertz CT molecular complexity index is 947. The van der Waals surface area contributed by atoms with Crippen LogP contribution in [0.15, 0.2) is 42.5 Å². The van der Waals surface area contributed by atoms with Gasteiger partial charge in [0.1, 0.15) is 11.8 Å². The molecule has 0 aromatic heterocycles. The molecule has 0 heterocycles. The van der Waals surface area contributed by atoms with Crippen molar-refractivity contribution in [2.24, 2.45) is 0 Å². The number of benzene rings is 2. The van der Waals surface area contributed by atoms with Gasteiger partial charge in [0.25, 0.3) is 0 Å². The summed E-state index contributed by atoms with van der Waals surface area (Å²) >= 11 is 6.09. The topological polar surface area (TPSA) is 75.7 Å². The van der Waals surface area contributed by atoms with E-state index >= 15 is 0 Å². The molecule has 0 spiro atoms. The lowest BCUT2D eigenvalue weighted by Crippen LogP contribution is -2.47. The molecule has 8 heteroatoms. The van der Waals surface area contributed by atoms with Gasteiger partial charge in [0.2, 0.25) is 15.9 Å². The molecule has 152 valence electrons. The highest BCUT2D eigenvalue weighted by Gasteiger charge is 2.33. The van der Waals surface area contributed by atoms with E-state index in [1.54, 1.807) is 56.3 Å². The molecule has 1 amide bonds. The zero-order chi connectivity index (χ0) is 20.9. The number of sulfonamides is 1. The van der Waals surface area contributed by atoms with Crippen LogP contribution in [0, 0.1) is 6.92 Å². The van der Waals surface area contributed by atoms with Crippen molar-refractivity contribution in [1.29, 1.82) is 0 Å². The van der Waals surface area contributed by atoms with Crippen LogP contribution >= 0.6 is 11.6 Å². The number of carbonyl (C=O) groups is 1. The molecule has 28 heavy (non-hydrogen) atoms. The van der Waals surface area contributed by atoms with Gasteiger partial charge in [-0.3, -0.25) is 9.10 Å². The Labute approximate surface area is 171 Å². The van der Waals surface area contributed by atoms with Crippen molar-refractivity contribution in [2.75, 3.05) is 22.5 Å². The van der Waals surface area contributed by atoms with Crippen molar-refractivity contribution in [3.63, 3.8) is 0 Å². The molecular weight excluding hydrogens is 400 g/mol. The minimum Gasteiger partial charge on any atom is -0.492 e. The van der Waals surface area contributed by atoms with Gasteiger partial charge in [-0.05, 0) is 50.1 Å².